The normalized spacial score (nSPS) is 11.9. The molecule has 0 saturated heterocycles. The molecule has 2 aromatic rings. The Hall–Kier alpha value is -1.37. The molecule has 19 heavy (non-hydrogen) atoms. The molecule has 1 aromatic heterocycles. The second-order valence-corrected chi connectivity index (χ2v) is 7.44. The van der Waals surface area contributed by atoms with Crippen LogP contribution in [0.2, 0.25) is 0 Å². The van der Waals surface area contributed by atoms with Gasteiger partial charge in [0.15, 0.2) is 0 Å². The van der Waals surface area contributed by atoms with E-state index >= 15 is 0 Å². The first kappa shape index (κ1) is 14.0. The first-order valence-electron chi connectivity index (χ1n) is 5.76. The maximum Gasteiger partial charge on any atom is 0.243 e. The zero-order valence-corrected chi connectivity index (χ0v) is 12.5. The maximum absolute atomic E-state index is 12.4. The summed E-state index contributed by atoms with van der Waals surface area (Å²) < 4.78 is 26.1. The van der Waals surface area contributed by atoms with Gasteiger partial charge in [-0.1, -0.05) is 12.1 Å². The monoisotopic (exact) mass is 296 g/mol. The fourth-order valence-electron chi connectivity index (χ4n) is 1.67. The van der Waals surface area contributed by atoms with E-state index in [-0.39, 0.29) is 4.90 Å². The summed E-state index contributed by atoms with van der Waals surface area (Å²) >= 11 is 1.54. The van der Waals surface area contributed by atoms with Crippen LogP contribution >= 0.6 is 11.3 Å². The van der Waals surface area contributed by atoms with E-state index in [4.69, 9.17) is 5.73 Å². The molecule has 0 atom stereocenters. The number of aryl methyl sites for hydroxylation is 1. The third-order valence-corrected chi connectivity index (χ3v) is 5.58. The van der Waals surface area contributed by atoms with E-state index in [0.29, 0.717) is 12.2 Å². The standard InChI is InChI=1S/C13H16N2O2S2/c1-10-5-6-12(8-13(10)14)19(16,17)15(2)9-11-4-3-7-18-11/h3-8H,9,14H2,1-2H3. The van der Waals surface area contributed by atoms with Gasteiger partial charge in [-0.2, -0.15) is 4.31 Å². The van der Waals surface area contributed by atoms with Crippen LogP contribution in [0.25, 0.3) is 0 Å². The van der Waals surface area contributed by atoms with Gasteiger partial charge in [0.05, 0.1) is 4.90 Å². The molecule has 6 heteroatoms. The van der Waals surface area contributed by atoms with E-state index < -0.39 is 10.0 Å². The van der Waals surface area contributed by atoms with Crippen molar-refractivity contribution in [3.8, 4) is 0 Å². The number of nitrogens with zero attached hydrogens (tertiary/aromatic N) is 1. The van der Waals surface area contributed by atoms with Gasteiger partial charge in [0.25, 0.3) is 0 Å². The average Bonchev–Trinajstić information content (AvgIpc) is 2.85. The predicted octanol–water partition coefficient (Wildman–Crippen LogP) is 2.46. The molecule has 1 aromatic carbocycles. The fraction of sp³-hybridized carbons (Fsp3) is 0.231. The van der Waals surface area contributed by atoms with Crippen LogP contribution in [0.1, 0.15) is 10.4 Å². The average molecular weight is 296 g/mol. The molecule has 0 aliphatic rings. The number of hydrogen-bond acceptors (Lipinski definition) is 4. The van der Waals surface area contributed by atoms with Crippen molar-refractivity contribution in [2.24, 2.45) is 0 Å². The quantitative estimate of drug-likeness (QED) is 0.882. The number of benzene rings is 1. The highest BCUT2D eigenvalue weighted by Gasteiger charge is 2.21. The summed E-state index contributed by atoms with van der Waals surface area (Å²) in [6.07, 6.45) is 0. The Morgan fingerprint density at radius 3 is 2.63 bits per heavy atom. The summed E-state index contributed by atoms with van der Waals surface area (Å²) in [5.74, 6) is 0. The van der Waals surface area contributed by atoms with E-state index in [0.717, 1.165) is 10.4 Å². The summed E-state index contributed by atoms with van der Waals surface area (Å²) in [6, 6.07) is 8.65. The second kappa shape index (κ2) is 5.32. The molecule has 0 unspecified atom stereocenters. The molecule has 0 radical (unpaired) electrons. The largest absolute Gasteiger partial charge is 0.398 e. The smallest absolute Gasteiger partial charge is 0.243 e. The SMILES string of the molecule is Cc1ccc(S(=O)(=O)N(C)Cc2cccs2)cc1N. The molecule has 0 amide bonds. The number of nitrogens with two attached hydrogens (primary N) is 1. The second-order valence-electron chi connectivity index (χ2n) is 4.36. The molecule has 0 fully saturated rings. The van der Waals surface area contributed by atoms with E-state index in [2.05, 4.69) is 0 Å². The third-order valence-electron chi connectivity index (χ3n) is 2.92. The fourth-order valence-corrected chi connectivity index (χ4v) is 3.69. The van der Waals surface area contributed by atoms with Crippen molar-refractivity contribution in [1.29, 1.82) is 0 Å². The molecular weight excluding hydrogens is 280 g/mol. The van der Waals surface area contributed by atoms with Crippen LogP contribution in [-0.4, -0.2) is 19.8 Å². The Kier molecular flexibility index (Phi) is 3.93. The number of rotatable bonds is 4. The van der Waals surface area contributed by atoms with E-state index in [1.165, 1.54) is 21.7 Å². The Morgan fingerprint density at radius 2 is 2.05 bits per heavy atom. The Labute approximate surface area is 117 Å². The molecule has 102 valence electrons. The van der Waals surface area contributed by atoms with Gasteiger partial charge in [0.2, 0.25) is 10.0 Å². The van der Waals surface area contributed by atoms with Crippen LogP contribution in [0, 0.1) is 6.92 Å². The lowest BCUT2D eigenvalue weighted by Gasteiger charge is -2.17. The maximum atomic E-state index is 12.4. The zero-order valence-electron chi connectivity index (χ0n) is 10.8. The Balaban J connectivity index is 2.28. The number of nitrogen functional groups attached to an aromatic ring is 1. The minimum absolute atomic E-state index is 0.231. The van der Waals surface area contributed by atoms with E-state index in [1.807, 2.05) is 24.4 Å². The molecule has 2 rings (SSSR count). The summed E-state index contributed by atoms with van der Waals surface area (Å²) in [5, 5.41) is 1.93. The van der Waals surface area contributed by atoms with Crippen molar-refractivity contribution < 1.29 is 8.42 Å². The van der Waals surface area contributed by atoms with Gasteiger partial charge in [-0.05, 0) is 36.1 Å². The van der Waals surface area contributed by atoms with Crippen molar-refractivity contribution in [2.75, 3.05) is 12.8 Å². The highest BCUT2D eigenvalue weighted by molar-refractivity contribution is 7.89. The van der Waals surface area contributed by atoms with Crippen molar-refractivity contribution in [1.82, 2.24) is 4.31 Å². The van der Waals surface area contributed by atoms with Gasteiger partial charge in [-0.3, -0.25) is 0 Å². The molecule has 0 bridgehead atoms. The van der Waals surface area contributed by atoms with Gasteiger partial charge in [-0.25, -0.2) is 8.42 Å². The molecule has 2 N–H and O–H groups in total. The first-order chi connectivity index (χ1) is 8.91. The van der Waals surface area contributed by atoms with Crippen LogP contribution in [0.5, 0.6) is 0 Å². The van der Waals surface area contributed by atoms with Crippen LogP contribution in [0.4, 0.5) is 5.69 Å². The molecule has 0 spiro atoms. The molecule has 4 nitrogen and oxygen atoms in total. The zero-order chi connectivity index (χ0) is 14.0. The molecule has 0 aliphatic carbocycles. The van der Waals surface area contributed by atoms with Gasteiger partial charge in [-0.15, -0.1) is 11.3 Å². The van der Waals surface area contributed by atoms with Crippen molar-refractivity contribution >= 4 is 27.0 Å². The Morgan fingerprint density at radius 1 is 1.32 bits per heavy atom. The molecular formula is C13H16N2O2S2. The molecule has 0 saturated carbocycles. The Bertz CT molecular complexity index is 664. The topological polar surface area (TPSA) is 63.4 Å². The number of hydrogen-bond donors (Lipinski definition) is 1. The number of anilines is 1. The van der Waals surface area contributed by atoms with E-state index in [1.54, 1.807) is 19.2 Å². The van der Waals surface area contributed by atoms with Crippen molar-refractivity contribution in [3.63, 3.8) is 0 Å². The summed E-state index contributed by atoms with van der Waals surface area (Å²) in [5.41, 5.74) is 7.14. The highest BCUT2D eigenvalue weighted by Crippen LogP contribution is 2.22. The van der Waals surface area contributed by atoms with Gasteiger partial charge < -0.3 is 5.73 Å². The highest BCUT2D eigenvalue weighted by atomic mass is 32.2. The minimum Gasteiger partial charge on any atom is -0.398 e. The van der Waals surface area contributed by atoms with Gasteiger partial charge in [0, 0.05) is 24.2 Å². The third kappa shape index (κ3) is 2.97. The van der Waals surface area contributed by atoms with Crippen molar-refractivity contribution in [2.45, 2.75) is 18.4 Å². The lowest BCUT2D eigenvalue weighted by molar-refractivity contribution is 0.469. The number of sulfonamides is 1. The van der Waals surface area contributed by atoms with Crippen LogP contribution in [0.3, 0.4) is 0 Å². The summed E-state index contributed by atoms with van der Waals surface area (Å²) in [4.78, 5) is 1.24. The summed E-state index contributed by atoms with van der Waals surface area (Å²) in [6.45, 7) is 2.22. The summed E-state index contributed by atoms with van der Waals surface area (Å²) in [7, 11) is -1.92. The molecule has 1 heterocycles. The lowest BCUT2D eigenvalue weighted by Crippen LogP contribution is -2.26. The van der Waals surface area contributed by atoms with Crippen molar-refractivity contribution in [3.05, 3.63) is 46.2 Å². The van der Waals surface area contributed by atoms with E-state index in [9.17, 15) is 8.42 Å². The van der Waals surface area contributed by atoms with Gasteiger partial charge in [0.1, 0.15) is 0 Å². The van der Waals surface area contributed by atoms with Crippen LogP contribution < -0.4 is 5.73 Å². The first-order valence-corrected chi connectivity index (χ1v) is 8.08. The van der Waals surface area contributed by atoms with Crippen LogP contribution in [-0.2, 0) is 16.6 Å². The molecule has 0 aliphatic heterocycles. The van der Waals surface area contributed by atoms with Gasteiger partial charge >= 0.3 is 0 Å². The lowest BCUT2D eigenvalue weighted by atomic mass is 10.2. The predicted molar refractivity (Wildman–Crippen MR) is 78.6 cm³/mol. The number of thiophene rings is 1. The minimum atomic E-state index is -3.49. The van der Waals surface area contributed by atoms with Crippen LogP contribution in [0.15, 0.2) is 40.6 Å².